The van der Waals surface area contributed by atoms with Gasteiger partial charge in [-0.1, -0.05) is 0 Å². The number of ether oxygens (including phenoxy) is 2. The summed E-state index contributed by atoms with van der Waals surface area (Å²) in [5, 5.41) is 9.16. The highest BCUT2D eigenvalue weighted by atomic mass is 16.5. The maximum absolute atomic E-state index is 9.16. The van der Waals surface area contributed by atoms with Crippen LogP contribution in [0.25, 0.3) is 0 Å². The fourth-order valence-corrected chi connectivity index (χ4v) is 1.97. The second-order valence-electron chi connectivity index (χ2n) is 4.85. The number of hydrogen-bond acceptors (Lipinski definition) is 6. The third kappa shape index (κ3) is 3.48. The van der Waals surface area contributed by atoms with Gasteiger partial charge in [-0.25, -0.2) is 0 Å². The molecule has 106 valence electrons. The van der Waals surface area contributed by atoms with E-state index in [2.05, 4.69) is 9.88 Å². The third-order valence-electron chi connectivity index (χ3n) is 2.89. The minimum absolute atomic E-state index is 0.0147. The lowest BCUT2D eigenvalue weighted by atomic mass is 10.2. The smallest absolute Gasteiger partial charge is 0.239 e. The van der Waals surface area contributed by atoms with E-state index in [-0.39, 0.29) is 18.8 Å². The quantitative estimate of drug-likeness (QED) is 0.833. The maximum Gasteiger partial charge on any atom is 0.239 e. The van der Waals surface area contributed by atoms with Crippen molar-refractivity contribution in [2.24, 2.45) is 0 Å². The molecular formula is C13H21N3O3. The van der Waals surface area contributed by atoms with Gasteiger partial charge in [-0.2, -0.15) is 4.98 Å². The molecule has 6 heteroatoms. The first-order valence-corrected chi connectivity index (χ1v) is 6.50. The summed E-state index contributed by atoms with van der Waals surface area (Å²) in [4.78, 5) is 6.51. The van der Waals surface area contributed by atoms with Gasteiger partial charge in [0, 0.05) is 13.1 Å². The van der Waals surface area contributed by atoms with E-state index < -0.39 is 0 Å². The second kappa shape index (κ2) is 6.08. The van der Waals surface area contributed by atoms with E-state index in [1.807, 2.05) is 19.9 Å². The van der Waals surface area contributed by atoms with E-state index >= 15 is 0 Å². The maximum atomic E-state index is 9.16. The van der Waals surface area contributed by atoms with Crippen molar-refractivity contribution < 1.29 is 14.6 Å². The minimum atomic E-state index is -0.164. The molecule has 1 aromatic rings. The van der Waals surface area contributed by atoms with Crippen molar-refractivity contribution >= 4 is 11.5 Å². The van der Waals surface area contributed by atoms with Crippen molar-refractivity contribution in [3.8, 4) is 5.88 Å². The van der Waals surface area contributed by atoms with Crippen LogP contribution in [0.15, 0.2) is 12.1 Å². The van der Waals surface area contributed by atoms with Crippen LogP contribution in [0.3, 0.4) is 0 Å². The number of aliphatic hydroxyl groups excluding tert-OH is 1. The zero-order chi connectivity index (χ0) is 13.8. The van der Waals surface area contributed by atoms with Gasteiger partial charge in [-0.15, -0.1) is 0 Å². The number of aromatic nitrogens is 1. The number of nitrogen functional groups attached to an aromatic ring is 1. The van der Waals surface area contributed by atoms with E-state index in [1.165, 1.54) is 0 Å². The first-order valence-electron chi connectivity index (χ1n) is 6.50. The number of rotatable bonds is 4. The molecule has 0 aliphatic carbocycles. The summed E-state index contributed by atoms with van der Waals surface area (Å²) < 4.78 is 11.0. The van der Waals surface area contributed by atoms with Crippen LogP contribution in [-0.4, -0.2) is 48.6 Å². The lowest BCUT2D eigenvalue weighted by Crippen LogP contribution is -2.44. The molecule has 1 fully saturated rings. The van der Waals surface area contributed by atoms with Crippen LogP contribution < -0.4 is 15.4 Å². The molecule has 1 aliphatic heterocycles. The first kappa shape index (κ1) is 13.9. The molecule has 1 unspecified atom stereocenters. The molecular weight excluding hydrogens is 246 g/mol. The van der Waals surface area contributed by atoms with Crippen LogP contribution in [0.4, 0.5) is 11.5 Å². The van der Waals surface area contributed by atoms with E-state index in [1.54, 1.807) is 6.07 Å². The summed E-state index contributed by atoms with van der Waals surface area (Å²) in [6.45, 7) is 5.83. The van der Waals surface area contributed by atoms with Gasteiger partial charge in [0.25, 0.3) is 0 Å². The Morgan fingerprint density at radius 3 is 3.05 bits per heavy atom. The number of nitrogens with two attached hydrogens (primary N) is 1. The average Bonchev–Trinajstić information content (AvgIpc) is 2.41. The highest BCUT2D eigenvalue weighted by Gasteiger charge is 2.21. The molecule has 0 radical (unpaired) electrons. The molecule has 0 amide bonds. The molecule has 0 aromatic carbocycles. The number of aliphatic hydroxyl groups is 1. The molecule has 0 spiro atoms. The minimum Gasteiger partial charge on any atom is -0.473 e. The number of morpholine rings is 1. The van der Waals surface area contributed by atoms with Crippen molar-refractivity contribution in [2.45, 2.75) is 26.1 Å². The number of pyridine rings is 1. The van der Waals surface area contributed by atoms with Gasteiger partial charge < -0.3 is 25.2 Å². The van der Waals surface area contributed by atoms with Crippen LogP contribution in [-0.2, 0) is 4.74 Å². The van der Waals surface area contributed by atoms with Crippen LogP contribution >= 0.6 is 0 Å². The van der Waals surface area contributed by atoms with Gasteiger partial charge in [-0.05, 0) is 26.0 Å². The zero-order valence-electron chi connectivity index (χ0n) is 11.4. The van der Waals surface area contributed by atoms with Crippen LogP contribution in [0.5, 0.6) is 5.88 Å². The lowest BCUT2D eigenvalue weighted by molar-refractivity contribution is 0.00333. The lowest BCUT2D eigenvalue weighted by Gasteiger charge is -2.33. The topological polar surface area (TPSA) is 80.8 Å². The number of hydrogen-bond donors (Lipinski definition) is 2. The Balaban J connectivity index is 2.15. The monoisotopic (exact) mass is 267 g/mol. The Kier molecular flexibility index (Phi) is 4.44. The van der Waals surface area contributed by atoms with E-state index in [9.17, 15) is 0 Å². The first-order chi connectivity index (χ1) is 9.10. The molecule has 1 aromatic heterocycles. The molecule has 0 bridgehead atoms. The summed E-state index contributed by atoms with van der Waals surface area (Å²) >= 11 is 0. The van der Waals surface area contributed by atoms with E-state index in [4.69, 9.17) is 20.3 Å². The van der Waals surface area contributed by atoms with Gasteiger partial charge in [0.2, 0.25) is 5.88 Å². The molecule has 6 nitrogen and oxygen atoms in total. The van der Waals surface area contributed by atoms with Crippen molar-refractivity contribution in [2.75, 3.05) is 36.9 Å². The van der Waals surface area contributed by atoms with Crippen molar-refractivity contribution in [3.63, 3.8) is 0 Å². The zero-order valence-corrected chi connectivity index (χ0v) is 11.4. The average molecular weight is 267 g/mol. The number of nitrogens with zero attached hydrogens (tertiary/aromatic N) is 2. The van der Waals surface area contributed by atoms with Gasteiger partial charge in [0.15, 0.2) is 0 Å². The molecule has 19 heavy (non-hydrogen) atoms. The Bertz CT molecular complexity index is 426. The summed E-state index contributed by atoms with van der Waals surface area (Å²) in [7, 11) is 0. The molecule has 2 rings (SSSR count). The fourth-order valence-electron chi connectivity index (χ4n) is 1.97. The van der Waals surface area contributed by atoms with E-state index in [0.29, 0.717) is 24.7 Å². The van der Waals surface area contributed by atoms with Crippen molar-refractivity contribution in [1.29, 1.82) is 0 Å². The number of anilines is 2. The fraction of sp³-hybridized carbons (Fsp3) is 0.615. The Morgan fingerprint density at radius 2 is 2.37 bits per heavy atom. The van der Waals surface area contributed by atoms with Gasteiger partial charge in [0.1, 0.15) is 5.82 Å². The molecule has 1 atom stereocenters. The molecule has 1 aliphatic rings. The summed E-state index contributed by atoms with van der Waals surface area (Å²) in [6.07, 6.45) is -0.137. The molecule has 3 N–H and O–H groups in total. The highest BCUT2D eigenvalue weighted by molar-refractivity contribution is 5.54. The highest BCUT2D eigenvalue weighted by Crippen LogP contribution is 2.25. The van der Waals surface area contributed by atoms with Crippen molar-refractivity contribution in [3.05, 3.63) is 12.1 Å². The van der Waals surface area contributed by atoms with Crippen LogP contribution in [0.2, 0.25) is 0 Å². The molecule has 0 saturated carbocycles. The molecule has 2 heterocycles. The Morgan fingerprint density at radius 1 is 1.58 bits per heavy atom. The predicted molar refractivity (Wildman–Crippen MR) is 73.5 cm³/mol. The van der Waals surface area contributed by atoms with Gasteiger partial charge in [0.05, 0.1) is 31.1 Å². The molecule has 1 saturated heterocycles. The standard InChI is InChI=1S/C13H21N3O3/c1-9(2)19-13-11(14)3-4-12(15-13)16-5-6-18-10(7-16)8-17/h3-4,9-10,17H,5-8,14H2,1-2H3. The summed E-state index contributed by atoms with van der Waals surface area (Å²) in [6, 6.07) is 3.66. The van der Waals surface area contributed by atoms with Gasteiger partial charge >= 0.3 is 0 Å². The Hall–Kier alpha value is -1.53. The van der Waals surface area contributed by atoms with E-state index in [0.717, 1.165) is 12.4 Å². The van der Waals surface area contributed by atoms with Crippen molar-refractivity contribution in [1.82, 2.24) is 4.98 Å². The van der Waals surface area contributed by atoms with Gasteiger partial charge in [-0.3, -0.25) is 0 Å². The van der Waals surface area contributed by atoms with Crippen LogP contribution in [0, 0.1) is 0 Å². The Labute approximate surface area is 113 Å². The predicted octanol–water partition coefficient (Wildman–Crippen LogP) is 0.648. The SMILES string of the molecule is CC(C)Oc1nc(N2CCOC(CO)C2)ccc1N. The summed E-state index contributed by atoms with van der Waals surface area (Å²) in [5.74, 6) is 1.26. The largest absolute Gasteiger partial charge is 0.473 e. The summed E-state index contributed by atoms with van der Waals surface area (Å²) in [5.41, 5.74) is 6.38. The normalized spacial score (nSPS) is 19.8. The third-order valence-corrected chi connectivity index (χ3v) is 2.89. The van der Waals surface area contributed by atoms with Crippen LogP contribution in [0.1, 0.15) is 13.8 Å². The second-order valence-corrected chi connectivity index (χ2v) is 4.85.